The number of hydrogen-bond acceptors (Lipinski definition) is 3. The van der Waals surface area contributed by atoms with E-state index < -0.39 is 6.10 Å². The summed E-state index contributed by atoms with van der Waals surface area (Å²) in [5.41, 5.74) is 0. The molecule has 0 aromatic rings. The lowest BCUT2D eigenvalue weighted by Crippen LogP contribution is -2.31. The molecule has 0 unspecified atom stereocenters. The van der Waals surface area contributed by atoms with E-state index in [-0.39, 0.29) is 25.0 Å². The van der Waals surface area contributed by atoms with Crippen molar-refractivity contribution in [1.29, 1.82) is 0 Å². The molecule has 0 amide bonds. The molecule has 0 aromatic heterocycles. The fraction of sp³-hybridized carbons (Fsp3) is 1.00. The van der Waals surface area contributed by atoms with Gasteiger partial charge in [0.1, 0.15) is 0 Å². The fourth-order valence-corrected chi connectivity index (χ4v) is 0.912. The second kappa shape index (κ2) is 4.66. The van der Waals surface area contributed by atoms with Crippen molar-refractivity contribution in [2.45, 2.75) is 20.0 Å². The van der Waals surface area contributed by atoms with E-state index >= 15 is 0 Å². The van der Waals surface area contributed by atoms with Gasteiger partial charge in [-0.15, -0.1) is 0 Å². The van der Waals surface area contributed by atoms with Crippen LogP contribution in [0.25, 0.3) is 0 Å². The summed E-state index contributed by atoms with van der Waals surface area (Å²) in [5, 5.41) is 26.3. The third kappa shape index (κ3) is 2.64. The van der Waals surface area contributed by atoms with Crippen LogP contribution in [-0.4, -0.2) is 34.6 Å². The lowest BCUT2D eigenvalue weighted by molar-refractivity contribution is 0.00345. The van der Waals surface area contributed by atoms with Gasteiger partial charge in [0.2, 0.25) is 0 Å². The Morgan fingerprint density at radius 2 is 1.60 bits per heavy atom. The molecule has 3 nitrogen and oxygen atoms in total. The molecule has 0 fully saturated rings. The molecule has 0 saturated carbocycles. The van der Waals surface area contributed by atoms with E-state index in [4.69, 9.17) is 15.3 Å². The topological polar surface area (TPSA) is 60.7 Å². The maximum absolute atomic E-state index is 9.08. The summed E-state index contributed by atoms with van der Waals surface area (Å²) in [4.78, 5) is 0. The Morgan fingerprint density at radius 3 is 1.70 bits per heavy atom. The molecule has 0 aromatic carbocycles. The molecule has 2 atom stereocenters. The van der Waals surface area contributed by atoms with Crippen LogP contribution in [0.5, 0.6) is 0 Å². The highest BCUT2D eigenvalue weighted by atomic mass is 16.3. The lowest BCUT2D eigenvalue weighted by Gasteiger charge is -2.22. The summed E-state index contributed by atoms with van der Waals surface area (Å²) in [5.74, 6) is -0.00264. The van der Waals surface area contributed by atoms with Crippen molar-refractivity contribution in [2.75, 3.05) is 13.2 Å². The van der Waals surface area contributed by atoms with Gasteiger partial charge in [0.15, 0.2) is 0 Å². The van der Waals surface area contributed by atoms with E-state index in [9.17, 15) is 0 Å². The summed E-state index contributed by atoms with van der Waals surface area (Å²) in [7, 11) is 0. The van der Waals surface area contributed by atoms with Crippen LogP contribution in [0.1, 0.15) is 13.8 Å². The molecule has 3 heteroatoms. The van der Waals surface area contributed by atoms with E-state index in [2.05, 4.69) is 0 Å². The van der Waals surface area contributed by atoms with Crippen LogP contribution in [0.2, 0.25) is 0 Å². The van der Waals surface area contributed by atoms with Gasteiger partial charge in [-0.1, -0.05) is 13.8 Å². The maximum atomic E-state index is 9.08. The summed E-state index contributed by atoms with van der Waals surface area (Å²) >= 11 is 0. The number of aliphatic hydroxyl groups is 3. The molecule has 0 radical (unpaired) electrons. The standard InChI is InChI=1S/C7H16O3/c1-5(2)6(3-8)7(10)4-9/h5-10H,3-4H2,1-2H3/t6-,7+/m0/s1. The van der Waals surface area contributed by atoms with Crippen molar-refractivity contribution in [3.8, 4) is 0 Å². The van der Waals surface area contributed by atoms with Crippen LogP contribution in [-0.2, 0) is 0 Å². The zero-order valence-corrected chi connectivity index (χ0v) is 6.49. The molecule has 0 aliphatic heterocycles. The van der Waals surface area contributed by atoms with E-state index in [0.29, 0.717) is 0 Å². The fourth-order valence-electron chi connectivity index (χ4n) is 0.912. The van der Waals surface area contributed by atoms with E-state index in [0.717, 1.165) is 0 Å². The Kier molecular flexibility index (Phi) is 4.60. The normalized spacial score (nSPS) is 17.4. The maximum Gasteiger partial charge on any atom is 0.0823 e. The van der Waals surface area contributed by atoms with E-state index in [1.165, 1.54) is 0 Å². The predicted octanol–water partition coefficient (Wildman–Crippen LogP) is -0.396. The van der Waals surface area contributed by atoms with Gasteiger partial charge in [0.25, 0.3) is 0 Å². The molecule has 10 heavy (non-hydrogen) atoms. The number of rotatable bonds is 4. The number of hydrogen-bond donors (Lipinski definition) is 3. The van der Waals surface area contributed by atoms with Gasteiger partial charge in [-0.3, -0.25) is 0 Å². The molecule has 62 valence electrons. The minimum absolute atomic E-state index is 0.0700. The molecule has 0 rings (SSSR count). The highest BCUT2D eigenvalue weighted by Gasteiger charge is 2.20. The first-order valence-corrected chi connectivity index (χ1v) is 3.53. The van der Waals surface area contributed by atoms with Crippen molar-refractivity contribution in [2.24, 2.45) is 11.8 Å². The molecule has 0 spiro atoms. The van der Waals surface area contributed by atoms with Gasteiger partial charge in [-0.05, 0) is 5.92 Å². The number of aliphatic hydroxyl groups excluding tert-OH is 3. The predicted molar refractivity (Wildman–Crippen MR) is 38.5 cm³/mol. The molecular weight excluding hydrogens is 132 g/mol. The van der Waals surface area contributed by atoms with Crippen LogP contribution in [0.15, 0.2) is 0 Å². The quantitative estimate of drug-likeness (QED) is 0.508. The second-order valence-electron chi connectivity index (χ2n) is 2.84. The Labute approximate surface area is 61.3 Å². The van der Waals surface area contributed by atoms with Crippen LogP contribution < -0.4 is 0 Å². The smallest absolute Gasteiger partial charge is 0.0823 e. The third-order valence-corrected chi connectivity index (χ3v) is 1.75. The van der Waals surface area contributed by atoms with Gasteiger partial charge in [0, 0.05) is 12.5 Å². The van der Waals surface area contributed by atoms with Gasteiger partial charge in [0.05, 0.1) is 12.7 Å². The average Bonchev–Trinajstić information content (AvgIpc) is 1.88. The summed E-state index contributed by atoms with van der Waals surface area (Å²) < 4.78 is 0. The molecular formula is C7H16O3. The first kappa shape index (κ1) is 9.88. The average molecular weight is 148 g/mol. The highest BCUT2D eigenvalue weighted by Crippen LogP contribution is 2.13. The Bertz CT molecular complexity index is 82.9. The summed E-state index contributed by atoms with van der Waals surface area (Å²) in [6.07, 6.45) is -0.787. The monoisotopic (exact) mass is 148 g/mol. The summed E-state index contributed by atoms with van der Waals surface area (Å²) in [6.45, 7) is 3.46. The van der Waals surface area contributed by atoms with Gasteiger partial charge < -0.3 is 15.3 Å². The molecule has 0 aliphatic rings. The zero-order chi connectivity index (χ0) is 8.15. The van der Waals surface area contributed by atoms with Crippen molar-refractivity contribution in [1.82, 2.24) is 0 Å². The Balaban J connectivity index is 3.80. The SMILES string of the molecule is CC(C)[C@H](CO)[C@H](O)CO. The van der Waals surface area contributed by atoms with E-state index in [1.807, 2.05) is 13.8 Å². The second-order valence-corrected chi connectivity index (χ2v) is 2.84. The molecule has 3 N–H and O–H groups in total. The van der Waals surface area contributed by atoms with E-state index in [1.54, 1.807) is 0 Å². The van der Waals surface area contributed by atoms with Crippen molar-refractivity contribution in [3.05, 3.63) is 0 Å². The highest BCUT2D eigenvalue weighted by molar-refractivity contribution is 4.69. The minimum atomic E-state index is -0.787. The van der Waals surface area contributed by atoms with Crippen LogP contribution in [0.4, 0.5) is 0 Å². The van der Waals surface area contributed by atoms with Gasteiger partial charge in [-0.25, -0.2) is 0 Å². The lowest BCUT2D eigenvalue weighted by atomic mass is 9.91. The summed E-state index contributed by atoms with van der Waals surface area (Å²) in [6, 6.07) is 0. The molecule has 0 saturated heterocycles. The Morgan fingerprint density at radius 1 is 1.10 bits per heavy atom. The van der Waals surface area contributed by atoms with Crippen LogP contribution >= 0.6 is 0 Å². The molecule has 0 heterocycles. The largest absolute Gasteiger partial charge is 0.396 e. The van der Waals surface area contributed by atoms with Gasteiger partial charge in [-0.2, -0.15) is 0 Å². The minimum Gasteiger partial charge on any atom is -0.396 e. The van der Waals surface area contributed by atoms with Crippen molar-refractivity contribution in [3.63, 3.8) is 0 Å². The van der Waals surface area contributed by atoms with Crippen molar-refractivity contribution >= 4 is 0 Å². The first-order valence-electron chi connectivity index (χ1n) is 3.53. The molecule has 0 bridgehead atoms. The van der Waals surface area contributed by atoms with Crippen molar-refractivity contribution < 1.29 is 15.3 Å². The van der Waals surface area contributed by atoms with Crippen LogP contribution in [0.3, 0.4) is 0 Å². The molecule has 0 aliphatic carbocycles. The Hall–Kier alpha value is -0.120. The third-order valence-electron chi connectivity index (χ3n) is 1.75. The zero-order valence-electron chi connectivity index (χ0n) is 6.49. The van der Waals surface area contributed by atoms with Crippen LogP contribution in [0, 0.1) is 11.8 Å². The van der Waals surface area contributed by atoms with Gasteiger partial charge >= 0.3 is 0 Å². The first-order chi connectivity index (χ1) is 4.63.